The van der Waals surface area contributed by atoms with Gasteiger partial charge in [-0.2, -0.15) is 0 Å². The Balaban J connectivity index is 1.39. The van der Waals surface area contributed by atoms with Crippen molar-refractivity contribution in [3.63, 3.8) is 0 Å². The van der Waals surface area contributed by atoms with Crippen LogP contribution in [-0.2, 0) is 18.3 Å². The molecule has 0 bridgehead atoms. The zero-order valence-electron chi connectivity index (χ0n) is 16.9. The summed E-state index contributed by atoms with van der Waals surface area (Å²) in [5, 5.41) is 9.11. The van der Waals surface area contributed by atoms with E-state index >= 15 is 0 Å². The minimum Gasteiger partial charge on any atom is -0.486 e. The molecule has 1 fully saturated rings. The largest absolute Gasteiger partial charge is 0.486 e. The number of aryl methyl sites for hydroxylation is 1. The first-order chi connectivity index (χ1) is 14.4. The lowest BCUT2D eigenvalue weighted by atomic mass is 10.00. The van der Waals surface area contributed by atoms with Gasteiger partial charge >= 0.3 is 5.97 Å². The van der Waals surface area contributed by atoms with Crippen molar-refractivity contribution in [3.05, 3.63) is 70.9 Å². The van der Waals surface area contributed by atoms with Crippen molar-refractivity contribution < 1.29 is 19.0 Å². The van der Waals surface area contributed by atoms with Gasteiger partial charge in [0.2, 0.25) is 0 Å². The number of carbonyl (C=O) groups is 1. The molecule has 0 saturated heterocycles. The van der Waals surface area contributed by atoms with Crippen LogP contribution in [0.5, 0.6) is 5.75 Å². The molecule has 154 valence electrons. The molecular formula is C24H23FN2O3. The topological polar surface area (TPSA) is 64.3 Å². The first-order valence-corrected chi connectivity index (χ1v) is 10.2. The van der Waals surface area contributed by atoms with Gasteiger partial charge in [0.15, 0.2) is 0 Å². The minimum atomic E-state index is -0.738. The first-order valence-electron chi connectivity index (χ1n) is 10.2. The molecule has 5 nitrogen and oxygen atoms in total. The summed E-state index contributed by atoms with van der Waals surface area (Å²) in [6.07, 6.45) is 3.64. The van der Waals surface area contributed by atoms with Crippen molar-refractivity contribution >= 4 is 5.97 Å². The molecule has 2 aliphatic carbocycles. The molecule has 1 N–H and O–H groups in total. The number of halogens is 1. The molecule has 1 saturated carbocycles. The van der Waals surface area contributed by atoms with Gasteiger partial charge in [-0.15, -0.1) is 0 Å². The molecule has 0 unspecified atom stereocenters. The number of ether oxygens (including phenoxy) is 1. The van der Waals surface area contributed by atoms with Crippen LogP contribution in [-0.4, -0.2) is 20.6 Å². The van der Waals surface area contributed by atoms with Crippen LogP contribution < -0.4 is 4.74 Å². The number of benzene rings is 2. The van der Waals surface area contributed by atoms with E-state index in [1.54, 1.807) is 0 Å². The van der Waals surface area contributed by atoms with Gasteiger partial charge in [0.25, 0.3) is 0 Å². The van der Waals surface area contributed by atoms with Gasteiger partial charge in [0, 0.05) is 18.2 Å². The summed E-state index contributed by atoms with van der Waals surface area (Å²) in [4.78, 5) is 15.4. The zero-order valence-corrected chi connectivity index (χ0v) is 16.9. The highest BCUT2D eigenvalue weighted by Gasteiger charge is 2.44. The molecule has 0 spiro atoms. The molecule has 6 heteroatoms. The van der Waals surface area contributed by atoms with Crippen molar-refractivity contribution in [2.45, 2.75) is 38.2 Å². The number of fused-ring (bicyclic) bond motifs is 1. The van der Waals surface area contributed by atoms with E-state index in [9.17, 15) is 9.18 Å². The monoisotopic (exact) mass is 406 g/mol. The number of carboxylic acids is 1. The van der Waals surface area contributed by atoms with Crippen LogP contribution in [0.15, 0.2) is 42.6 Å². The number of nitrogens with zero attached hydrogens (tertiary/aromatic N) is 2. The lowest BCUT2D eigenvalue weighted by molar-refractivity contribution is -0.138. The first kappa shape index (κ1) is 18.9. The molecule has 2 aliphatic rings. The van der Waals surface area contributed by atoms with E-state index in [4.69, 9.17) is 9.84 Å². The maximum absolute atomic E-state index is 14.8. The number of carboxylic acid groups (broad SMARTS) is 1. The van der Waals surface area contributed by atoms with Gasteiger partial charge < -0.3 is 14.4 Å². The van der Waals surface area contributed by atoms with E-state index in [-0.39, 0.29) is 23.8 Å². The number of hydrogen-bond donors (Lipinski definition) is 1. The molecule has 0 aliphatic heterocycles. The Kier molecular flexibility index (Phi) is 4.38. The molecule has 1 aromatic heterocycles. The number of rotatable bonds is 5. The summed E-state index contributed by atoms with van der Waals surface area (Å²) >= 11 is 0. The second-order valence-electron chi connectivity index (χ2n) is 8.24. The van der Waals surface area contributed by atoms with Crippen molar-refractivity contribution in [1.29, 1.82) is 0 Å². The van der Waals surface area contributed by atoms with Crippen LogP contribution in [0.4, 0.5) is 4.39 Å². The van der Waals surface area contributed by atoms with Crippen LogP contribution in [0.2, 0.25) is 0 Å². The Morgan fingerprint density at radius 2 is 2.00 bits per heavy atom. The van der Waals surface area contributed by atoms with Crippen molar-refractivity contribution in [2.24, 2.45) is 13.0 Å². The van der Waals surface area contributed by atoms with E-state index < -0.39 is 5.97 Å². The summed E-state index contributed by atoms with van der Waals surface area (Å²) in [5.41, 5.74) is 4.61. The molecule has 0 radical (unpaired) electrons. The van der Waals surface area contributed by atoms with Crippen molar-refractivity contribution in [2.75, 3.05) is 0 Å². The standard InChI is InChI=1S/C24H23FN2O3/c1-13-26-12-21(27(13)2)16-7-9-20(25)23-17(16)8-10-22(23)30-15-5-3-14(4-6-15)18-11-19(18)24(28)29/h3-7,9,12,18-19,22H,8,10-11H2,1-2H3,(H,28,29)/t18-,19+,22-/m1/s1. The fourth-order valence-electron chi connectivity index (χ4n) is 4.58. The average molecular weight is 406 g/mol. The predicted molar refractivity (Wildman–Crippen MR) is 110 cm³/mol. The predicted octanol–water partition coefficient (Wildman–Crippen LogP) is 4.79. The number of aliphatic carboxylic acids is 1. The van der Waals surface area contributed by atoms with E-state index in [0.29, 0.717) is 24.2 Å². The summed E-state index contributed by atoms with van der Waals surface area (Å²) in [6, 6.07) is 10.9. The Labute approximate surface area is 174 Å². The third kappa shape index (κ3) is 3.07. The average Bonchev–Trinajstić information content (AvgIpc) is 3.34. The quantitative estimate of drug-likeness (QED) is 0.662. The lowest BCUT2D eigenvalue weighted by Crippen LogP contribution is -2.06. The lowest BCUT2D eigenvalue weighted by Gasteiger charge is -2.17. The Morgan fingerprint density at radius 1 is 1.23 bits per heavy atom. The normalized spacial score (nSPS) is 22.0. The van der Waals surface area contributed by atoms with Gasteiger partial charge in [-0.05, 0) is 67.5 Å². The molecule has 2 aromatic carbocycles. The van der Waals surface area contributed by atoms with Crippen LogP contribution in [0.25, 0.3) is 11.3 Å². The SMILES string of the molecule is Cc1ncc(-c2ccc(F)c3c2CC[C@H]3Oc2ccc([C@H]3C[C@@H]3C(=O)O)cc2)n1C. The fraction of sp³-hybridized carbons (Fsp3) is 0.333. The van der Waals surface area contributed by atoms with Gasteiger partial charge in [0.05, 0.1) is 17.8 Å². The molecule has 30 heavy (non-hydrogen) atoms. The van der Waals surface area contributed by atoms with Crippen molar-refractivity contribution in [3.8, 4) is 17.0 Å². The van der Waals surface area contributed by atoms with E-state index in [0.717, 1.165) is 34.6 Å². The summed E-state index contributed by atoms with van der Waals surface area (Å²) in [5.74, 6) is 0.416. The van der Waals surface area contributed by atoms with Gasteiger partial charge in [0.1, 0.15) is 23.5 Å². The van der Waals surface area contributed by atoms with E-state index in [1.165, 1.54) is 6.07 Å². The van der Waals surface area contributed by atoms with Gasteiger partial charge in [-0.25, -0.2) is 9.37 Å². The number of aromatic nitrogens is 2. The highest BCUT2D eigenvalue weighted by atomic mass is 19.1. The molecule has 5 rings (SSSR count). The van der Waals surface area contributed by atoms with Crippen molar-refractivity contribution in [1.82, 2.24) is 9.55 Å². The van der Waals surface area contributed by atoms with Crippen LogP contribution >= 0.6 is 0 Å². The maximum atomic E-state index is 14.8. The third-order valence-corrected chi connectivity index (χ3v) is 6.47. The number of imidazole rings is 1. The highest BCUT2D eigenvalue weighted by molar-refractivity contribution is 5.75. The van der Waals surface area contributed by atoms with Crippen LogP contribution in [0.1, 0.15) is 47.4 Å². The number of hydrogen-bond acceptors (Lipinski definition) is 3. The molecular weight excluding hydrogens is 383 g/mol. The van der Waals surface area contributed by atoms with E-state index in [1.807, 2.05) is 55.1 Å². The second-order valence-corrected chi connectivity index (χ2v) is 8.24. The molecule has 0 amide bonds. The molecule has 1 heterocycles. The van der Waals surface area contributed by atoms with Crippen LogP contribution in [0, 0.1) is 18.7 Å². The van der Waals surface area contributed by atoms with E-state index in [2.05, 4.69) is 4.98 Å². The summed E-state index contributed by atoms with van der Waals surface area (Å²) < 4.78 is 23.0. The third-order valence-electron chi connectivity index (χ3n) is 6.47. The van der Waals surface area contributed by atoms with Gasteiger partial charge in [-0.3, -0.25) is 4.79 Å². The second kappa shape index (κ2) is 6.97. The Hall–Kier alpha value is -3.15. The molecule has 3 atom stereocenters. The highest BCUT2D eigenvalue weighted by Crippen LogP contribution is 2.48. The Morgan fingerprint density at radius 3 is 2.63 bits per heavy atom. The smallest absolute Gasteiger partial charge is 0.307 e. The molecule has 3 aromatic rings. The fourth-order valence-corrected chi connectivity index (χ4v) is 4.58. The summed E-state index contributed by atoms with van der Waals surface area (Å²) in [7, 11) is 1.96. The van der Waals surface area contributed by atoms with Crippen LogP contribution in [0.3, 0.4) is 0 Å². The minimum absolute atomic E-state index is 0.0890. The maximum Gasteiger partial charge on any atom is 0.307 e. The Bertz CT molecular complexity index is 1140. The van der Waals surface area contributed by atoms with Gasteiger partial charge in [-0.1, -0.05) is 12.1 Å². The summed E-state index contributed by atoms with van der Waals surface area (Å²) in [6.45, 7) is 1.95. The zero-order chi connectivity index (χ0) is 21.0.